The van der Waals surface area contributed by atoms with Crippen molar-refractivity contribution in [3.05, 3.63) is 59.9 Å². The van der Waals surface area contributed by atoms with Gasteiger partial charge in [-0.05, 0) is 42.0 Å². The van der Waals surface area contributed by atoms with E-state index in [0.717, 1.165) is 5.56 Å². The van der Waals surface area contributed by atoms with Crippen LogP contribution in [0, 0.1) is 5.82 Å². The first-order valence-electron chi connectivity index (χ1n) is 6.52. The van der Waals surface area contributed by atoms with Gasteiger partial charge < -0.3 is 15.2 Å². The van der Waals surface area contributed by atoms with Crippen molar-refractivity contribution in [2.75, 3.05) is 6.61 Å². The Labute approximate surface area is 122 Å². The Morgan fingerprint density at radius 3 is 2.33 bits per heavy atom. The minimum absolute atomic E-state index is 0.178. The lowest BCUT2D eigenvalue weighted by atomic mass is 10.2. The van der Waals surface area contributed by atoms with E-state index in [9.17, 15) is 9.18 Å². The van der Waals surface area contributed by atoms with Crippen LogP contribution in [0.4, 0.5) is 4.39 Å². The summed E-state index contributed by atoms with van der Waals surface area (Å²) in [6.07, 6.45) is 0.178. The normalized spacial score (nSPS) is 10.1. The van der Waals surface area contributed by atoms with Crippen LogP contribution in [-0.2, 0) is 11.4 Å². The number of benzene rings is 2. The summed E-state index contributed by atoms with van der Waals surface area (Å²) in [7, 11) is 0. The number of nitrogens with two attached hydrogens (primary N) is 1. The molecule has 0 aliphatic carbocycles. The number of ether oxygens (including phenoxy) is 2. The summed E-state index contributed by atoms with van der Waals surface area (Å²) < 4.78 is 23.9. The summed E-state index contributed by atoms with van der Waals surface area (Å²) in [5, 5.41) is 0. The molecule has 1 amide bonds. The highest BCUT2D eigenvalue weighted by Crippen LogP contribution is 2.19. The summed E-state index contributed by atoms with van der Waals surface area (Å²) in [6, 6.07) is 13.2. The topological polar surface area (TPSA) is 61.6 Å². The van der Waals surface area contributed by atoms with Gasteiger partial charge in [-0.25, -0.2) is 4.39 Å². The van der Waals surface area contributed by atoms with Crippen LogP contribution in [0.25, 0.3) is 0 Å². The van der Waals surface area contributed by atoms with Crippen LogP contribution in [0.1, 0.15) is 12.0 Å². The van der Waals surface area contributed by atoms with Gasteiger partial charge in [-0.3, -0.25) is 4.79 Å². The van der Waals surface area contributed by atoms with Gasteiger partial charge in [-0.1, -0.05) is 12.1 Å². The van der Waals surface area contributed by atoms with E-state index in [2.05, 4.69) is 0 Å². The largest absolute Gasteiger partial charge is 0.493 e. The van der Waals surface area contributed by atoms with Gasteiger partial charge in [0.05, 0.1) is 13.0 Å². The van der Waals surface area contributed by atoms with Crippen LogP contribution in [-0.4, -0.2) is 12.5 Å². The fourth-order valence-corrected chi connectivity index (χ4v) is 1.69. The first kappa shape index (κ1) is 14.8. The maximum absolute atomic E-state index is 13.0. The molecule has 0 radical (unpaired) electrons. The second kappa shape index (κ2) is 7.28. The number of carbonyl (C=O) groups excluding carboxylic acids is 1. The molecule has 0 aliphatic rings. The Morgan fingerprint density at radius 2 is 1.71 bits per heavy atom. The lowest BCUT2D eigenvalue weighted by molar-refractivity contribution is -0.118. The maximum atomic E-state index is 13.0. The summed E-state index contributed by atoms with van der Waals surface area (Å²) in [6.45, 7) is 0.540. The van der Waals surface area contributed by atoms with Crippen molar-refractivity contribution in [2.24, 2.45) is 5.73 Å². The van der Waals surface area contributed by atoms with Gasteiger partial charge in [0, 0.05) is 0 Å². The third-order valence-electron chi connectivity index (χ3n) is 2.74. The van der Waals surface area contributed by atoms with E-state index in [1.54, 1.807) is 36.4 Å². The van der Waals surface area contributed by atoms with Crippen LogP contribution in [0.15, 0.2) is 48.5 Å². The van der Waals surface area contributed by atoms with Gasteiger partial charge in [0.2, 0.25) is 5.91 Å². The molecule has 2 N–H and O–H groups in total. The Balaban J connectivity index is 1.83. The Morgan fingerprint density at radius 1 is 1.05 bits per heavy atom. The molecule has 5 heteroatoms. The summed E-state index contributed by atoms with van der Waals surface area (Å²) in [5.41, 5.74) is 5.78. The van der Waals surface area contributed by atoms with Crippen molar-refractivity contribution in [1.29, 1.82) is 0 Å². The number of amides is 1. The highest BCUT2D eigenvalue weighted by Gasteiger charge is 2.00. The minimum Gasteiger partial charge on any atom is -0.493 e. The first-order valence-corrected chi connectivity index (χ1v) is 6.52. The van der Waals surface area contributed by atoms with Crippen molar-refractivity contribution in [1.82, 2.24) is 0 Å². The molecule has 0 atom stereocenters. The number of primary amides is 1. The zero-order valence-corrected chi connectivity index (χ0v) is 11.4. The van der Waals surface area contributed by atoms with E-state index in [0.29, 0.717) is 18.1 Å². The van der Waals surface area contributed by atoms with Gasteiger partial charge in [0.1, 0.15) is 23.9 Å². The van der Waals surface area contributed by atoms with Gasteiger partial charge in [-0.15, -0.1) is 0 Å². The first-order chi connectivity index (χ1) is 10.1. The number of halogens is 1. The Bertz CT molecular complexity index is 599. The number of hydrogen-bond donors (Lipinski definition) is 1. The van der Waals surface area contributed by atoms with Crippen LogP contribution in [0.3, 0.4) is 0 Å². The summed E-state index contributed by atoms with van der Waals surface area (Å²) >= 11 is 0. The fraction of sp³-hybridized carbons (Fsp3) is 0.188. The van der Waals surface area contributed by atoms with E-state index in [1.165, 1.54) is 12.1 Å². The average Bonchev–Trinajstić information content (AvgIpc) is 2.46. The Hall–Kier alpha value is -2.56. The van der Waals surface area contributed by atoms with Crippen LogP contribution in [0.2, 0.25) is 0 Å². The molecule has 2 rings (SSSR count). The number of rotatable bonds is 7. The SMILES string of the molecule is NC(=O)CCOc1ccc(OCc2cccc(F)c2)cc1. The van der Waals surface area contributed by atoms with Crippen molar-refractivity contribution in [2.45, 2.75) is 13.0 Å². The minimum atomic E-state index is -0.398. The van der Waals surface area contributed by atoms with E-state index in [1.807, 2.05) is 0 Å². The monoisotopic (exact) mass is 289 g/mol. The fourth-order valence-electron chi connectivity index (χ4n) is 1.69. The lowest BCUT2D eigenvalue weighted by Crippen LogP contribution is -2.14. The molecule has 2 aromatic rings. The number of carbonyl (C=O) groups is 1. The second-order valence-electron chi connectivity index (χ2n) is 4.45. The molecule has 0 bridgehead atoms. The predicted octanol–water partition coefficient (Wildman–Crippen LogP) is 2.66. The van der Waals surface area contributed by atoms with Crippen molar-refractivity contribution < 1.29 is 18.7 Å². The molecule has 4 nitrogen and oxygen atoms in total. The molecule has 0 aliphatic heterocycles. The van der Waals surface area contributed by atoms with Gasteiger partial charge >= 0.3 is 0 Å². The van der Waals surface area contributed by atoms with Crippen molar-refractivity contribution in [3.8, 4) is 11.5 Å². The van der Waals surface area contributed by atoms with Crippen molar-refractivity contribution in [3.63, 3.8) is 0 Å². The molecule has 0 spiro atoms. The molecule has 21 heavy (non-hydrogen) atoms. The van der Waals surface area contributed by atoms with E-state index in [4.69, 9.17) is 15.2 Å². The van der Waals surface area contributed by atoms with E-state index < -0.39 is 5.91 Å². The molecule has 0 aromatic heterocycles. The number of hydrogen-bond acceptors (Lipinski definition) is 3. The standard InChI is InChI=1S/C16H16FNO3/c17-13-3-1-2-12(10-13)11-21-15-6-4-14(5-7-15)20-9-8-16(18)19/h1-7,10H,8-9,11H2,(H2,18,19). The average molecular weight is 289 g/mol. The molecule has 0 unspecified atom stereocenters. The molecule has 110 valence electrons. The second-order valence-corrected chi connectivity index (χ2v) is 4.45. The third-order valence-corrected chi connectivity index (χ3v) is 2.74. The molecule has 0 heterocycles. The molecule has 2 aromatic carbocycles. The van der Waals surface area contributed by atoms with Crippen LogP contribution >= 0.6 is 0 Å². The van der Waals surface area contributed by atoms with Gasteiger partial charge in [0.15, 0.2) is 0 Å². The lowest BCUT2D eigenvalue weighted by Gasteiger charge is -2.08. The summed E-state index contributed by atoms with van der Waals surface area (Å²) in [5.74, 6) is 0.607. The van der Waals surface area contributed by atoms with Gasteiger partial charge in [-0.2, -0.15) is 0 Å². The van der Waals surface area contributed by atoms with E-state index in [-0.39, 0.29) is 18.8 Å². The zero-order valence-electron chi connectivity index (χ0n) is 11.4. The highest BCUT2D eigenvalue weighted by atomic mass is 19.1. The molecule has 0 saturated heterocycles. The van der Waals surface area contributed by atoms with Crippen LogP contribution in [0.5, 0.6) is 11.5 Å². The maximum Gasteiger partial charge on any atom is 0.220 e. The smallest absolute Gasteiger partial charge is 0.220 e. The van der Waals surface area contributed by atoms with E-state index >= 15 is 0 Å². The molecular formula is C16H16FNO3. The third kappa shape index (κ3) is 5.14. The van der Waals surface area contributed by atoms with Crippen LogP contribution < -0.4 is 15.2 Å². The molecule has 0 fully saturated rings. The highest BCUT2D eigenvalue weighted by molar-refractivity contribution is 5.73. The van der Waals surface area contributed by atoms with Crippen molar-refractivity contribution >= 4 is 5.91 Å². The summed E-state index contributed by atoms with van der Waals surface area (Å²) in [4.78, 5) is 10.6. The predicted molar refractivity (Wildman–Crippen MR) is 76.5 cm³/mol. The molecular weight excluding hydrogens is 273 g/mol. The zero-order chi connectivity index (χ0) is 15.1. The van der Waals surface area contributed by atoms with Gasteiger partial charge in [0.25, 0.3) is 0 Å². The molecule has 0 saturated carbocycles. The quantitative estimate of drug-likeness (QED) is 0.852. The Kier molecular flexibility index (Phi) is 5.15.